The predicted octanol–water partition coefficient (Wildman–Crippen LogP) is 2.41. The smallest absolute Gasteiger partial charge is 0.0935 e. The van der Waals surface area contributed by atoms with Gasteiger partial charge in [-0.1, -0.05) is 19.3 Å². The van der Waals surface area contributed by atoms with E-state index in [1.54, 1.807) is 6.26 Å². The van der Waals surface area contributed by atoms with E-state index in [1.165, 1.54) is 37.7 Å². The second kappa shape index (κ2) is 5.23. The zero-order chi connectivity index (χ0) is 12.3. The Bertz CT molecular complexity index is 326. The molecule has 3 nitrogen and oxygen atoms in total. The number of hydrogen-bond donors (Lipinski definition) is 1. The van der Waals surface area contributed by atoms with Gasteiger partial charge in [-0.3, -0.25) is 0 Å². The maximum atomic E-state index is 6.49. The lowest BCUT2D eigenvalue weighted by atomic mass is 9.74. The molecule has 1 aromatic rings. The maximum absolute atomic E-state index is 6.49. The minimum atomic E-state index is 0.176. The molecule has 2 N–H and O–H groups in total. The molecule has 1 aliphatic rings. The Morgan fingerprint density at radius 1 is 1.35 bits per heavy atom. The molecule has 1 saturated carbocycles. The fourth-order valence-electron chi connectivity index (χ4n) is 3.17. The van der Waals surface area contributed by atoms with Crippen molar-refractivity contribution in [2.45, 2.75) is 50.1 Å². The molecule has 0 saturated heterocycles. The van der Waals surface area contributed by atoms with Gasteiger partial charge in [-0.2, -0.15) is 0 Å². The molecule has 1 aliphatic carbocycles. The van der Waals surface area contributed by atoms with E-state index in [1.807, 2.05) is 12.3 Å². The Morgan fingerprint density at radius 3 is 2.59 bits per heavy atom. The molecule has 0 radical (unpaired) electrons. The highest BCUT2D eigenvalue weighted by Crippen LogP contribution is 2.35. The Labute approximate surface area is 104 Å². The highest BCUT2D eigenvalue weighted by atomic mass is 16.3. The summed E-state index contributed by atoms with van der Waals surface area (Å²) in [5.74, 6) is 0. The van der Waals surface area contributed by atoms with Crippen LogP contribution in [0.4, 0.5) is 0 Å². The number of hydrogen-bond acceptors (Lipinski definition) is 3. The van der Waals surface area contributed by atoms with Gasteiger partial charge < -0.3 is 15.1 Å². The highest BCUT2D eigenvalue weighted by molar-refractivity contribution is 5.11. The van der Waals surface area contributed by atoms with Crippen LogP contribution in [0.25, 0.3) is 0 Å². The van der Waals surface area contributed by atoms with Crippen molar-refractivity contribution < 1.29 is 4.42 Å². The average Bonchev–Trinajstić information content (AvgIpc) is 2.82. The summed E-state index contributed by atoms with van der Waals surface area (Å²) < 4.78 is 5.13. The summed E-state index contributed by atoms with van der Waals surface area (Å²) in [6.07, 6.45) is 10.9. The molecule has 0 aliphatic heterocycles. The van der Waals surface area contributed by atoms with Crippen molar-refractivity contribution in [1.82, 2.24) is 4.90 Å². The minimum Gasteiger partial charge on any atom is -0.472 e. The molecule has 0 aromatic carbocycles. The van der Waals surface area contributed by atoms with Gasteiger partial charge in [0.1, 0.15) is 0 Å². The molecule has 96 valence electrons. The van der Waals surface area contributed by atoms with Crippen LogP contribution >= 0.6 is 0 Å². The zero-order valence-corrected chi connectivity index (χ0v) is 11.0. The van der Waals surface area contributed by atoms with Crippen molar-refractivity contribution in [1.29, 1.82) is 0 Å². The molecule has 1 unspecified atom stereocenters. The first-order valence-corrected chi connectivity index (χ1v) is 6.59. The normalized spacial score (nSPS) is 21.6. The Kier molecular flexibility index (Phi) is 3.89. The van der Waals surface area contributed by atoms with Crippen molar-refractivity contribution in [2.24, 2.45) is 5.73 Å². The topological polar surface area (TPSA) is 42.4 Å². The zero-order valence-electron chi connectivity index (χ0n) is 11.0. The number of likely N-dealkylation sites (N-methyl/N-ethyl adjacent to an activating group) is 1. The monoisotopic (exact) mass is 236 g/mol. The molecule has 1 heterocycles. The predicted molar refractivity (Wildman–Crippen MR) is 69.9 cm³/mol. The molecule has 0 amide bonds. The molecular formula is C14H24N2O. The van der Waals surface area contributed by atoms with Crippen molar-refractivity contribution in [3.8, 4) is 0 Å². The van der Waals surface area contributed by atoms with Crippen LogP contribution < -0.4 is 5.73 Å². The van der Waals surface area contributed by atoms with Gasteiger partial charge in [0.2, 0.25) is 0 Å². The molecule has 3 heteroatoms. The minimum absolute atomic E-state index is 0.176. The van der Waals surface area contributed by atoms with Crippen LogP contribution in [-0.4, -0.2) is 30.6 Å². The third-order valence-corrected chi connectivity index (χ3v) is 4.34. The molecular weight excluding hydrogens is 212 g/mol. The van der Waals surface area contributed by atoms with Gasteiger partial charge in [-0.05, 0) is 45.0 Å². The summed E-state index contributed by atoms with van der Waals surface area (Å²) >= 11 is 0. The van der Waals surface area contributed by atoms with Crippen LogP contribution in [0, 0.1) is 0 Å². The van der Waals surface area contributed by atoms with E-state index < -0.39 is 0 Å². The van der Waals surface area contributed by atoms with Gasteiger partial charge in [0.25, 0.3) is 0 Å². The average molecular weight is 236 g/mol. The summed E-state index contributed by atoms with van der Waals surface area (Å²) in [5.41, 5.74) is 7.88. The van der Waals surface area contributed by atoms with Crippen molar-refractivity contribution in [2.75, 3.05) is 14.1 Å². The summed E-state index contributed by atoms with van der Waals surface area (Å²) in [5, 5.41) is 0. The van der Waals surface area contributed by atoms with Crippen LogP contribution in [0.1, 0.15) is 37.7 Å². The molecule has 1 aromatic heterocycles. The van der Waals surface area contributed by atoms with Crippen molar-refractivity contribution in [3.63, 3.8) is 0 Å². The number of rotatable bonds is 4. The third-order valence-electron chi connectivity index (χ3n) is 4.34. The lowest BCUT2D eigenvalue weighted by Gasteiger charge is -2.47. The summed E-state index contributed by atoms with van der Waals surface area (Å²) in [6.45, 7) is 0. The lowest BCUT2D eigenvalue weighted by Crippen LogP contribution is -2.59. The third kappa shape index (κ3) is 2.55. The van der Waals surface area contributed by atoms with E-state index in [9.17, 15) is 0 Å². The first-order valence-electron chi connectivity index (χ1n) is 6.59. The number of nitrogens with zero attached hydrogens (tertiary/aromatic N) is 1. The van der Waals surface area contributed by atoms with E-state index >= 15 is 0 Å². The van der Waals surface area contributed by atoms with E-state index in [0.717, 1.165) is 6.42 Å². The van der Waals surface area contributed by atoms with Gasteiger partial charge in [-0.15, -0.1) is 0 Å². The Morgan fingerprint density at radius 2 is 2.06 bits per heavy atom. The van der Waals surface area contributed by atoms with Crippen LogP contribution in [-0.2, 0) is 6.42 Å². The second-order valence-corrected chi connectivity index (χ2v) is 5.50. The van der Waals surface area contributed by atoms with Crippen LogP contribution in [0.2, 0.25) is 0 Å². The second-order valence-electron chi connectivity index (χ2n) is 5.50. The standard InChI is InChI=1S/C14H24N2O/c1-16(2)14(7-4-3-5-8-14)13(15)10-12-6-9-17-11-12/h6,9,11,13H,3-5,7-8,10,15H2,1-2H3. The van der Waals surface area contributed by atoms with Crippen LogP contribution in [0.3, 0.4) is 0 Å². The van der Waals surface area contributed by atoms with Gasteiger partial charge in [-0.25, -0.2) is 0 Å². The molecule has 17 heavy (non-hydrogen) atoms. The van der Waals surface area contributed by atoms with Gasteiger partial charge in [0.05, 0.1) is 12.5 Å². The first-order chi connectivity index (χ1) is 8.15. The van der Waals surface area contributed by atoms with Crippen LogP contribution in [0.5, 0.6) is 0 Å². The number of nitrogens with two attached hydrogens (primary N) is 1. The van der Waals surface area contributed by atoms with Crippen LogP contribution in [0.15, 0.2) is 23.0 Å². The van der Waals surface area contributed by atoms with Gasteiger partial charge >= 0.3 is 0 Å². The Hall–Kier alpha value is -0.800. The van der Waals surface area contributed by atoms with Gasteiger partial charge in [0, 0.05) is 11.6 Å². The van der Waals surface area contributed by atoms with E-state index in [-0.39, 0.29) is 11.6 Å². The highest BCUT2D eigenvalue weighted by Gasteiger charge is 2.39. The molecule has 2 rings (SSSR count). The first kappa shape index (κ1) is 12.7. The maximum Gasteiger partial charge on any atom is 0.0935 e. The molecule has 1 fully saturated rings. The van der Waals surface area contributed by atoms with E-state index in [0.29, 0.717) is 0 Å². The molecule has 1 atom stereocenters. The van der Waals surface area contributed by atoms with Gasteiger partial charge in [0.15, 0.2) is 0 Å². The fraction of sp³-hybridized carbons (Fsp3) is 0.714. The summed E-state index contributed by atoms with van der Waals surface area (Å²) in [4.78, 5) is 2.34. The Balaban J connectivity index is 2.09. The summed E-state index contributed by atoms with van der Waals surface area (Å²) in [7, 11) is 4.33. The molecule has 0 bridgehead atoms. The van der Waals surface area contributed by atoms with Crippen molar-refractivity contribution in [3.05, 3.63) is 24.2 Å². The molecule has 0 spiro atoms. The SMILES string of the molecule is CN(C)C1(C(N)Cc2ccoc2)CCCCC1. The van der Waals surface area contributed by atoms with Crippen molar-refractivity contribution >= 4 is 0 Å². The number of furan rings is 1. The quantitative estimate of drug-likeness (QED) is 0.873. The largest absolute Gasteiger partial charge is 0.472 e. The van der Waals surface area contributed by atoms with E-state index in [4.69, 9.17) is 10.2 Å². The lowest BCUT2D eigenvalue weighted by molar-refractivity contribution is 0.0715. The fourth-order valence-corrected chi connectivity index (χ4v) is 3.17. The summed E-state index contributed by atoms with van der Waals surface area (Å²) in [6, 6.07) is 2.21. The van der Waals surface area contributed by atoms with E-state index in [2.05, 4.69) is 19.0 Å².